The third kappa shape index (κ3) is 5.53. The number of nitrogens with one attached hydrogen (secondary N) is 1. The van der Waals surface area contributed by atoms with Crippen LogP contribution in [0.1, 0.15) is 31.2 Å². The van der Waals surface area contributed by atoms with Gasteiger partial charge in [0.05, 0.1) is 0 Å². The number of nitrogens with two attached hydrogens (primary N) is 1. The molecule has 132 valence electrons. The molecule has 0 saturated carbocycles. The van der Waals surface area contributed by atoms with E-state index < -0.39 is 0 Å². The molecule has 2 rings (SSSR count). The smallest absolute Gasteiger partial charge is 0.260 e. The van der Waals surface area contributed by atoms with Crippen LogP contribution in [0.4, 0.5) is 0 Å². The molecule has 24 heavy (non-hydrogen) atoms. The Balaban J connectivity index is 1.85. The zero-order valence-corrected chi connectivity index (χ0v) is 14.3. The van der Waals surface area contributed by atoms with E-state index in [1.54, 1.807) is 0 Å². The fourth-order valence-corrected chi connectivity index (χ4v) is 2.85. The molecule has 1 fully saturated rings. The largest absolute Gasteiger partial charge is 0.484 e. The van der Waals surface area contributed by atoms with E-state index in [0.717, 1.165) is 24.8 Å². The lowest BCUT2D eigenvalue weighted by Gasteiger charge is -2.35. The second kappa shape index (κ2) is 9.27. The van der Waals surface area contributed by atoms with Crippen molar-refractivity contribution in [3.05, 3.63) is 29.8 Å². The number of aryl methyl sites for hydroxylation is 1. The zero-order valence-electron chi connectivity index (χ0n) is 14.3. The van der Waals surface area contributed by atoms with E-state index in [1.165, 1.54) is 0 Å². The van der Waals surface area contributed by atoms with Crippen molar-refractivity contribution in [2.75, 3.05) is 26.2 Å². The SMILES string of the molecule is Cc1ccc(OCC(=O)N2CCCCC2CNC(=O)CCN)cc1. The Kier molecular flexibility index (Phi) is 7.06. The summed E-state index contributed by atoms with van der Waals surface area (Å²) in [4.78, 5) is 25.9. The maximum absolute atomic E-state index is 12.5. The van der Waals surface area contributed by atoms with Crippen LogP contribution in [0.3, 0.4) is 0 Å². The van der Waals surface area contributed by atoms with Gasteiger partial charge in [-0.15, -0.1) is 0 Å². The van der Waals surface area contributed by atoms with Crippen LogP contribution in [-0.4, -0.2) is 49.0 Å². The molecule has 1 aromatic carbocycles. The minimum absolute atomic E-state index is 0.0241. The van der Waals surface area contributed by atoms with Crippen LogP contribution in [0.25, 0.3) is 0 Å². The van der Waals surface area contributed by atoms with Crippen molar-refractivity contribution in [3.8, 4) is 5.75 Å². The van der Waals surface area contributed by atoms with Crippen molar-refractivity contribution in [3.63, 3.8) is 0 Å². The number of carbonyl (C=O) groups is 2. The summed E-state index contributed by atoms with van der Waals surface area (Å²) in [5.41, 5.74) is 6.53. The van der Waals surface area contributed by atoms with Gasteiger partial charge in [-0.25, -0.2) is 0 Å². The first-order valence-electron chi connectivity index (χ1n) is 8.56. The second-order valence-corrected chi connectivity index (χ2v) is 6.18. The summed E-state index contributed by atoms with van der Waals surface area (Å²) >= 11 is 0. The second-order valence-electron chi connectivity index (χ2n) is 6.18. The number of carbonyl (C=O) groups excluding carboxylic acids is 2. The molecule has 1 atom stereocenters. The van der Waals surface area contributed by atoms with E-state index in [0.29, 0.717) is 31.8 Å². The average molecular weight is 333 g/mol. The number of hydrogen-bond donors (Lipinski definition) is 2. The predicted molar refractivity (Wildman–Crippen MR) is 92.7 cm³/mol. The first-order chi connectivity index (χ1) is 11.6. The Morgan fingerprint density at radius 2 is 2.04 bits per heavy atom. The van der Waals surface area contributed by atoms with Gasteiger partial charge in [0, 0.05) is 32.1 Å². The van der Waals surface area contributed by atoms with Gasteiger partial charge in [-0.2, -0.15) is 0 Å². The van der Waals surface area contributed by atoms with Crippen molar-refractivity contribution in [2.24, 2.45) is 5.73 Å². The Bertz CT molecular complexity index is 545. The lowest BCUT2D eigenvalue weighted by molar-refractivity contribution is -0.137. The summed E-state index contributed by atoms with van der Waals surface area (Å²) in [6, 6.07) is 7.68. The van der Waals surface area contributed by atoms with Crippen molar-refractivity contribution < 1.29 is 14.3 Å². The highest BCUT2D eigenvalue weighted by Crippen LogP contribution is 2.18. The van der Waals surface area contributed by atoms with Gasteiger partial charge in [-0.1, -0.05) is 17.7 Å². The van der Waals surface area contributed by atoms with Gasteiger partial charge >= 0.3 is 0 Å². The molecular formula is C18H27N3O3. The molecule has 6 heteroatoms. The third-order valence-corrected chi connectivity index (χ3v) is 4.24. The Morgan fingerprint density at radius 1 is 1.29 bits per heavy atom. The summed E-state index contributed by atoms with van der Waals surface area (Å²) < 4.78 is 5.59. The minimum Gasteiger partial charge on any atom is -0.484 e. The third-order valence-electron chi connectivity index (χ3n) is 4.24. The van der Waals surface area contributed by atoms with Gasteiger partial charge in [0.15, 0.2) is 6.61 Å². The molecule has 0 aliphatic carbocycles. The highest BCUT2D eigenvalue weighted by Gasteiger charge is 2.27. The molecule has 0 radical (unpaired) electrons. The first kappa shape index (κ1) is 18.3. The molecule has 2 amide bonds. The van der Waals surface area contributed by atoms with E-state index in [4.69, 9.17) is 10.5 Å². The fraction of sp³-hybridized carbons (Fsp3) is 0.556. The molecule has 1 heterocycles. The van der Waals surface area contributed by atoms with Gasteiger partial charge in [-0.05, 0) is 38.3 Å². The summed E-state index contributed by atoms with van der Waals surface area (Å²) in [5, 5.41) is 2.86. The molecule has 1 aliphatic heterocycles. The molecular weight excluding hydrogens is 306 g/mol. The zero-order chi connectivity index (χ0) is 17.4. The summed E-state index contributed by atoms with van der Waals surface area (Å²) in [7, 11) is 0. The summed E-state index contributed by atoms with van der Waals surface area (Å²) in [5.74, 6) is 0.596. The highest BCUT2D eigenvalue weighted by atomic mass is 16.5. The Morgan fingerprint density at radius 3 is 2.75 bits per heavy atom. The van der Waals surface area contributed by atoms with Crippen LogP contribution in [0.15, 0.2) is 24.3 Å². The predicted octanol–water partition coefficient (Wildman–Crippen LogP) is 1.22. The minimum atomic E-state index is -0.0635. The molecule has 0 spiro atoms. The summed E-state index contributed by atoms with van der Waals surface area (Å²) in [6.07, 6.45) is 3.28. The monoisotopic (exact) mass is 333 g/mol. The van der Waals surface area contributed by atoms with E-state index in [9.17, 15) is 9.59 Å². The number of nitrogens with zero attached hydrogens (tertiary/aromatic N) is 1. The van der Waals surface area contributed by atoms with Gasteiger partial charge < -0.3 is 20.7 Å². The van der Waals surface area contributed by atoms with Crippen molar-refractivity contribution in [1.82, 2.24) is 10.2 Å². The van der Waals surface area contributed by atoms with Crippen LogP contribution in [0.5, 0.6) is 5.75 Å². The van der Waals surface area contributed by atoms with E-state index in [-0.39, 0.29) is 24.5 Å². The van der Waals surface area contributed by atoms with Crippen LogP contribution in [0, 0.1) is 6.92 Å². The topological polar surface area (TPSA) is 84.7 Å². The van der Waals surface area contributed by atoms with E-state index in [2.05, 4.69) is 5.32 Å². The van der Waals surface area contributed by atoms with E-state index >= 15 is 0 Å². The van der Waals surface area contributed by atoms with Gasteiger partial charge in [0.2, 0.25) is 5.91 Å². The maximum atomic E-state index is 12.5. The molecule has 1 aromatic rings. The standard InChI is InChI=1S/C18H27N3O3/c1-14-5-7-16(8-6-14)24-13-18(23)21-11-3-2-4-15(21)12-20-17(22)9-10-19/h5-8,15H,2-4,9-13,19H2,1H3,(H,20,22). The van der Waals surface area contributed by atoms with Gasteiger partial charge in [0.1, 0.15) is 5.75 Å². The Hall–Kier alpha value is -2.08. The molecule has 6 nitrogen and oxygen atoms in total. The van der Waals surface area contributed by atoms with Crippen LogP contribution < -0.4 is 15.8 Å². The first-order valence-corrected chi connectivity index (χ1v) is 8.56. The molecule has 1 unspecified atom stereocenters. The number of benzene rings is 1. The molecule has 1 aliphatic rings. The lowest BCUT2D eigenvalue weighted by Crippen LogP contribution is -2.50. The molecule has 0 bridgehead atoms. The summed E-state index contributed by atoms with van der Waals surface area (Å²) in [6.45, 7) is 3.56. The maximum Gasteiger partial charge on any atom is 0.260 e. The molecule has 0 aromatic heterocycles. The average Bonchev–Trinajstić information content (AvgIpc) is 2.60. The number of ether oxygens (including phenoxy) is 1. The number of amides is 2. The van der Waals surface area contributed by atoms with Crippen LogP contribution in [-0.2, 0) is 9.59 Å². The van der Waals surface area contributed by atoms with Crippen molar-refractivity contribution >= 4 is 11.8 Å². The molecule has 3 N–H and O–H groups in total. The van der Waals surface area contributed by atoms with E-state index in [1.807, 2.05) is 36.1 Å². The van der Waals surface area contributed by atoms with Crippen LogP contribution in [0.2, 0.25) is 0 Å². The fourth-order valence-electron chi connectivity index (χ4n) is 2.85. The number of likely N-dealkylation sites (tertiary alicyclic amines) is 1. The lowest BCUT2D eigenvalue weighted by atomic mass is 10.0. The number of piperidine rings is 1. The van der Waals surface area contributed by atoms with Crippen LogP contribution >= 0.6 is 0 Å². The highest BCUT2D eigenvalue weighted by molar-refractivity contribution is 5.79. The quantitative estimate of drug-likeness (QED) is 0.786. The number of rotatable bonds is 7. The molecule has 1 saturated heterocycles. The van der Waals surface area contributed by atoms with Gasteiger partial charge in [0.25, 0.3) is 5.91 Å². The Labute approximate surface area is 143 Å². The van der Waals surface area contributed by atoms with Gasteiger partial charge in [-0.3, -0.25) is 9.59 Å². The number of hydrogen-bond acceptors (Lipinski definition) is 4. The van der Waals surface area contributed by atoms with Crippen molar-refractivity contribution in [1.29, 1.82) is 0 Å². The normalized spacial score (nSPS) is 17.4. The van der Waals surface area contributed by atoms with Crippen molar-refractivity contribution in [2.45, 2.75) is 38.6 Å².